The number of nitrogens with zero attached hydrogens (tertiary/aromatic N) is 1. The third kappa shape index (κ3) is 4.34. The fourth-order valence-electron chi connectivity index (χ4n) is 3.70. The Balaban J connectivity index is 0.00000225. The van der Waals surface area contributed by atoms with Crippen LogP contribution in [-0.4, -0.2) is 40.0 Å². The van der Waals surface area contributed by atoms with Crippen LogP contribution in [0.2, 0.25) is 0 Å². The number of fused-ring (bicyclic) bond motifs is 1. The zero-order valence-corrected chi connectivity index (χ0v) is 16.3. The van der Waals surface area contributed by atoms with E-state index in [9.17, 15) is 13.2 Å². The highest BCUT2D eigenvalue weighted by atomic mass is 35.5. The molecular formula is C17H26ClN3O3S. The molecule has 2 N–H and O–H groups in total. The van der Waals surface area contributed by atoms with Crippen molar-refractivity contribution in [3.05, 3.63) is 23.8 Å². The SMILES string of the molecule is CC(=O)N1c2ccc(S(=O)(=O)NCCC3CCNC3)cc2CC1C.Cl. The van der Waals surface area contributed by atoms with Gasteiger partial charge in [0, 0.05) is 25.2 Å². The molecule has 2 heterocycles. The smallest absolute Gasteiger partial charge is 0.240 e. The van der Waals surface area contributed by atoms with E-state index in [0.29, 0.717) is 18.9 Å². The van der Waals surface area contributed by atoms with Gasteiger partial charge < -0.3 is 10.2 Å². The van der Waals surface area contributed by atoms with Crippen LogP contribution in [0.25, 0.3) is 0 Å². The molecule has 2 aliphatic rings. The molecule has 1 saturated heterocycles. The Bertz CT molecular complexity index is 733. The molecule has 0 saturated carbocycles. The Kier molecular flexibility index (Phi) is 6.48. The number of hydrogen-bond donors (Lipinski definition) is 2. The number of carbonyl (C=O) groups excluding carboxylic acids is 1. The maximum absolute atomic E-state index is 12.5. The molecule has 8 heteroatoms. The minimum atomic E-state index is -3.50. The average molecular weight is 388 g/mol. The van der Waals surface area contributed by atoms with Crippen molar-refractivity contribution in [2.75, 3.05) is 24.5 Å². The monoisotopic (exact) mass is 387 g/mol. The van der Waals surface area contributed by atoms with Gasteiger partial charge >= 0.3 is 0 Å². The molecule has 25 heavy (non-hydrogen) atoms. The minimum absolute atomic E-state index is 0. The van der Waals surface area contributed by atoms with Gasteiger partial charge in [-0.3, -0.25) is 4.79 Å². The number of benzene rings is 1. The molecule has 2 unspecified atom stereocenters. The summed E-state index contributed by atoms with van der Waals surface area (Å²) in [5, 5.41) is 3.29. The van der Waals surface area contributed by atoms with E-state index in [2.05, 4.69) is 10.0 Å². The summed E-state index contributed by atoms with van der Waals surface area (Å²) in [7, 11) is -3.50. The summed E-state index contributed by atoms with van der Waals surface area (Å²) >= 11 is 0. The van der Waals surface area contributed by atoms with E-state index in [1.54, 1.807) is 23.1 Å². The Morgan fingerprint density at radius 3 is 2.80 bits per heavy atom. The number of anilines is 1. The molecule has 1 amide bonds. The Morgan fingerprint density at radius 1 is 1.40 bits per heavy atom. The minimum Gasteiger partial charge on any atom is -0.316 e. The molecule has 0 radical (unpaired) electrons. The van der Waals surface area contributed by atoms with Gasteiger partial charge in [0.2, 0.25) is 15.9 Å². The van der Waals surface area contributed by atoms with Crippen molar-refractivity contribution in [3.8, 4) is 0 Å². The Hall–Kier alpha value is -1.15. The number of amides is 1. The van der Waals surface area contributed by atoms with Crippen LogP contribution in [0.4, 0.5) is 5.69 Å². The molecule has 1 aromatic rings. The fourth-order valence-corrected chi connectivity index (χ4v) is 4.79. The summed E-state index contributed by atoms with van der Waals surface area (Å²) in [5.41, 5.74) is 1.74. The first-order valence-electron chi connectivity index (χ1n) is 8.51. The second-order valence-electron chi connectivity index (χ2n) is 6.78. The first-order valence-corrected chi connectivity index (χ1v) is 10.00. The lowest BCUT2D eigenvalue weighted by atomic mass is 10.1. The van der Waals surface area contributed by atoms with Gasteiger partial charge in [-0.15, -0.1) is 12.4 Å². The van der Waals surface area contributed by atoms with Crippen LogP contribution in [0, 0.1) is 5.92 Å². The van der Waals surface area contributed by atoms with Crippen LogP contribution in [0.3, 0.4) is 0 Å². The topological polar surface area (TPSA) is 78.5 Å². The van der Waals surface area contributed by atoms with Crippen LogP contribution in [0.5, 0.6) is 0 Å². The fraction of sp³-hybridized carbons (Fsp3) is 0.588. The van der Waals surface area contributed by atoms with Gasteiger partial charge in [0.05, 0.1) is 4.90 Å². The van der Waals surface area contributed by atoms with Crippen molar-refractivity contribution in [1.29, 1.82) is 0 Å². The number of halogens is 1. The Morgan fingerprint density at radius 2 is 2.16 bits per heavy atom. The second-order valence-corrected chi connectivity index (χ2v) is 8.54. The number of nitrogens with one attached hydrogen (secondary N) is 2. The molecule has 0 aliphatic carbocycles. The lowest BCUT2D eigenvalue weighted by Gasteiger charge is -2.20. The van der Waals surface area contributed by atoms with Crippen molar-refractivity contribution >= 4 is 34.0 Å². The van der Waals surface area contributed by atoms with Gasteiger partial charge in [-0.05, 0) is 69.0 Å². The third-order valence-electron chi connectivity index (χ3n) is 4.92. The van der Waals surface area contributed by atoms with Crippen LogP contribution in [-0.2, 0) is 21.2 Å². The van der Waals surface area contributed by atoms with Crippen LogP contribution >= 0.6 is 12.4 Å². The molecule has 3 rings (SSSR count). The standard InChI is InChI=1S/C17H25N3O3S.ClH/c1-12-9-15-10-16(3-4-17(15)20(12)13(2)21)24(22,23)19-8-6-14-5-7-18-11-14;/h3-4,10,12,14,18-19H,5-9,11H2,1-2H3;1H. The molecule has 2 atom stereocenters. The number of hydrogen-bond acceptors (Lipinski definition) is 4. The highest BCUT2D eigenvalue weighted by Crippen LogP contribution is 2.33. The molecule has 2 aliphatic heterocycles. The van der Waals surface area contributed by atoms with Gasteiger partial charge in [-0.1, -0.05) is 0 Å². The summed E-state index contributed by atoms with van der Waals surface area (Å²) in [6.07, 6.45) is 2.65. The normalized spacial score (nSPS) is 22.6. The molecule has 140 valence electrons. The van der Waals surface area contributed by atoms with E-state index in [1.165, 1.54) is 6.92 Å². The predicted molar refractivity (Wildman–Crippen MR) is 101 cm³/mol. The van der Waals surface area contributed by atoms with Gasteiger partial charge in [0.25, 0.3) is 0 Å². The van der Waals surface area contributed by atoms with Crippen molar-refractivity contribution in [2.45, 2.75) is 44.0 Å². The summed E-state index contributed by atoms with van der Waals surface area (Å²) in [5.74, 6) is 0.540. The van der Waals surface area contributed by atoms with Gasteiger partial charge in [0.1, 0.15) is 0 Å². The maximum Gasteiger partial charge on any atom is 0.240 e. The highest BCUT2D eigenvalue weighted by Gasteiger charge is 2.30. The highest BCUT2D eigenvalue weighted by molar-refractivity contribution is 7.89. The van der Waals surface area contributed by atoms with Gasteiger partial charge in [-0.2, -0.15) is 0 Å². The molecular weight excluding hydrogens is 362 g/mol. The van der Waals surface area contributed by atoms with Crippen LogP contribution in [0.1, 0.15) is 32.3 Å². The second kappa shape index (κ2) is 8.03. The van der Waals surface area contributed by atoms with Crippen LogP contribution in [0.15, 0.2) is 23.1 Å². The zero-order valence-electron chi connectivity index (χ0n) is 14.6. The summed E-state index contributed by atoms with van der Waals surface area (Å²) < 4.78 is 27.7. The maximum atomic E-state index is 12.5. The summed E-state index contributed by atoms with van der Waals surface area (Å²) in [6.45, 7) is 5.97. The third-order valence-corrected chi connectivity index (χ3v) is 6.38. The van der Waals surface area contributed by atoms with E-state index in [4.69, 9.17) is 0 Å². The van der Waals surface area contributed by atoms with Crippen LogP contribution < -0.4 is 14.9 Å². The zero-order chi connectivity index (χ0) is 17.3. The van der Waals surface area contributed by atoms with Crippen molar-refractivity contribution in [3.63, 3.8) is 0 Å². The first kappa shape index (κ1) is 20.2. The van der Waals surface area contributed by atoms with E-state index in [-0.39, 0.29) is 29.3 Å². The molecule has 0 spiro atoms. The number of carbonyl (C=O) groups is 1. The van der Waals surface area contributed by atoms with Gasteiger partial charge in [-0.25, -0.2) is 13.1 Å². The molecule has 6 nitrogen and oxygen atoms in total. The lowest BCUT2D eigenvalue weighted by Crippen LogP contribution is -2.33. The Labute approximate surface area is 155 Å². The quantitative estimate of drug-likeness (QED) is 0.805. The van der Waals surface area contributed by atoms with Crippen molar-refractivity contribution in [2.24, 2.45) is 5.92 Å². The van der Waals surface area contributed by atoms with E-state index in [1.807, 2.05) is 6.92 Å². The van der Waals surface area contributed by atoms with E-state index >= 15 is 0 Å². The first-order chi connectivity index (χ1) is 11.4. The average Bonchev–Trinajstić information content (AvgIpc) is 3.12. The molecule has 1 fully saturated rings. The van der Waals surface area contributed by atoms with E-state index in [0.717, 1.165) is 37.2 Å². The van der Waals surface area contributed by atoms with Gasteiger partial charge in [0.15, 0.2) is 0 Å². The molecule has 0 bridgehead atoms. The largest absolute Gasteiger partial charge is 0.316 e. The number of rotatable bonds is 5. The number of sulfonamides is 1. The van der Waals surface area contributed by atoms with Crippen molar-refractivity contribution in [1.82, 2.24) is 10.0 Å². The predicted octanol–water partition coefficient (Wildman–Crippen LogP) is 1.68. The summed E-state index contributed by atoms with van der Waals surface area (Å²) in [4.78, 5) is 13.8. The van der Waals surface area contributed by atoms with E-state index < -0.39 is 10.0 Å². The summed E-state index contributed by atoms with van der Waals surface area (Å²) in [6, 6.07) is 5.11. The van der Waals surface area contributed by atoms with Crippen molar-refractivity contribution < 1.29 is 13.2 Å². The molecule has 0 aromatic heterocycles. The lowest BCUT2D eigenvalue weighted by molar-refractivity contribution is -0.116. The molecule has 1 aromatic carbocycles.